The Kier molecular flexibility index (Phi) is 5.53. The highest BCUT2D eigenvalue weighted by Crippen LogP contribution is 2.51. The monoisotopic (exact) mass is 394 g/mol. The summed E-state index contributed by atoms with van der Waals surface area (Å²) in [5.74, 6) is -6.78. The fourth-order valence-electron chi connectivity index (χ4n) is 1.70. The quantitative estimate of drug-likeness (QED) is 0.658. The molecule has 0 aliphatic heterocycles. The van der Waals surface area contributed by atoms with Crippen molar-refractivity contribution in [1.82, 2.24) is 0 Å². The molecule has 0 amide bonds. The van der Waals surface area contributed by atoms with Gasteiger partial charge in [0, 0.05) is 5.56 Å². The summed E-state index contributed by atoms with van der Waals surface area (Å²) < 4.78 is 119. The Balaban J connectivity index is 3.51. The number of sulfone groups is 1. The first-order valence-electron chi connectivity index (χ1n) is 6.59. The molecule has 0 bridgehead atoms. The largest absolute Gasteiger partial charge is 0.490 e. The summed E-state index contributed by atoms with van der Waals surface area (Å²) in [4.78, 5) is -1.42. The number of hydrogen-bond acceptors (Lipinski definition) is 3. The van der Waals surface area contributed by atoms with Crippen molar-refractivity contribution in [3.8, 4) is 5.75 Å². The maximum Gasteiger partial charge on any atom is 0.461 e. The molecule has 0 fully saturated rings. The molecule has 0 saturated heterocycles. The third kappa shape index (κ3) is 3.60. The van der Waals surface area contributed by atoms with E-state index in [0.717, 1.165) is 12.1 Å². The first-order valence-corrected chi connectivity index (χ1v) is 8.08. The molecule has 0 saturated carbocycles. The molecule has 0 atom stereocenters. The zero-order valence-electron chi connectivity index (χ0n) is 12.9. The maximum absolute atomic E-state index is 13.6. The van der Waals surface area contributed by atoms with Crippen molar-refractivity contribution in [3.63, 3.8) is 0 Å². The molecule has 0 heterocycles. The summed E-state index contributed by atoms with van der Waals surface area (Å²) in [5, 5.41) is -6.41. The lowest BCUT2D eigenvalue weighted by Gasteiger charge is -2.27. The number of hydrogen-bond donors (Lipinski definition) is 0. The molecule has 0 spiro atoms. The van der Waals surface area contributed by atoms with E-state index >= 15 is 0 Å². The molecule has 0 aliphatic carbocycles. The molecule has 1 aromatic carbocycles. The van der Waals surface area contributed by atoms with E-state index < -0.39 is 38.2 Å². The average Bonchev–Trinajstić information content (AvgIpc) is 2.45. The maximum atomic E-state index is 13.6. The first-order chi connectivity index (χ1) is 11.1. The molecule has 0 unspecified atom stereocenters. The van der Waals surface area contributed by atoms with Gasteiger partial charge in [-0.15, -0.1) is 0 Å². The number of alkyl halides is 7. The topological polar surface area (TPSA) is 43.4 Å². The Hall–Kier alpha value is -1.78. The summed E-state index contributed by atoms with van der Waals surface area (Å²) in [6.07, 6.45) is -6.18. The second-order valence-corrected chi connectivity index (χ2v) is 7.15. The fraction of sp³-hybridized carbons (Fsp3) is 0.429. The van der Waals surface area contributed by atoms with Gasteiger partial charge in [0.05, 0.1) is 11.0 Å². The molecule has 1 rings (SSSR count). The van der Waals surface area contributed by atoms with Crippen molar-refractivity contribution < 1.29 is 43.9 Å². The van der Waals surface area contributed by atoms with Crippen LogP contribution in [-0.4, -0.2) is 31.9 Å². The van der Waals surface area contributed by atoms with E-state index in [1.54, 1.807) is 13.8 Å². The molecule has 25 heavy (non-hydrogen) atoms. The van der Waals surface area contributed by atoms with Gasteiger partial charge < -0.3 is 4.74 Å². The van der Waals surface area contributed by atoms with Gasteiger partial charge in [0.2, 0.25) is 9.84 Å². The molecule has 11 heteroatoms. The molecule has 0 radical (unpaired) electrons. The zero-order chi connectivity index (χ0) is 19.8. The van der Waals surface area contributed by atoms with E-state index in [9.17, 15) is 39.2 Å². The lowest BCUT2D eigenvalue weighted by molar-refractivity contribution is -0.332. The number of ether oxygens (including phenoxy) is 1. The molecular weight excluding hydrogens is 381 g/mol. The minimum atomic E-state index is -6.78. The van der Waals surface area contributed by atoms with Crippen LogP contribution in [0.2, 0.25) is 0 Å². The van der Waals surface area contributed by atoms with E-state index in [-0.39, 0.29) is 11.3 Å². The minimum absolute atomic E-state index is 0.00477. The van der Waals surface area contributed by atoms with Gasteiger partial charge in [-0.25, -0.2) is 8.42 Å². The van der Waals surface area contributed by atoms with Gasteiger partial charge >= 0.3 is 17.4 Å². The third-order valence-corrected chi connectivity index (χ3v) is 4.74. The molecule has 3 nitrogen and oxygen atoms in total. The highest BCUT2D eigenvalue weighted by atomic mass is 32.2. The van der Waals surface area contributed by atoms with Crippen LogP contribution in [0.3, 0.4) is 0 Å². The SMILES string of the molecule is C=Cc1cc(S(=O)(=O)C(F)(F)C(F)(F)C(F)(F)F)ccc1OC(C)C. The molecule has 0 N–H and O–H groups in total. The van der Waals surface area contributed by atoms with Crippen molar-refractivity contribution in [2.75, 3.05) is 0 Å². The van der Waals surface area contributed by atoms with Crippen molar-refractivity contribution >= 4 is 15.9 Å². The van der Waals surface area contributed by atoms with Gasteiger partial charge in [0.25, 0.3) is 0 Å². The van der Waals surface area contributed by atoms with Crippen LogP contribution in [0.15, 0.2) is 29.7 Å². The summed E-state index contributed by atoms with van der Waals surface area (Å²) in [7, 11) is -6.36. The molecule has 0 aliphatic rings. The number of benzene rings is 1. The lowest BCUT2D eigenvalue weighted by atomic mass is 10.2. The predicted molar refractivity (Wildman–Crippen MR) is 75.4 cm³/mol. The highest BCUT2D eigenvalue weighted by Gasteiger charge is 2.78. The van der Waals surface area contributed by atoms with Crippen molar-refractivity contribution in [3.05, 3.63) is 30.3 Å². The summed E-state index contributed by atoms with van der Waals surface area (Å²) >= 11 is 0. The van der Waals surface area contributed by atoms with Crippen LogP contribution < -0.4 is 4.74 Å². The smallest absolute Gasteiger partial charge is 0.461 e. The van der Waals surface area contributed by atoms with Gasteiger partial charge in [-0.05, 0) is 32.0 Å². The van der Waals surface area contributed by atoms with Crippen LogP contribution in [0.5, 0.6) is 5.75 Å². The van der Waals surface area contributed by atoms with Gasteiger partial charge in [-0.2, -0.15) is 30.7 Å². The number of rotatable bonds is 6. The van der Waals surface area contributed by atoms with Gasteiger partial charge in [-0.3, -0.25) is 0 Å². The average molecular weight is 394 g/mol. The minimum Gasteiger partial charge on any atom is -0.490 e. The Morgan fingerprint density at radius 3 is 2.00 bits per heavy atom. The normalized spacial score (nSPS) is 13.8. The van der Waals surface area contributed by atoms with E-state index in [4.69, 9.17) is 4.74 Å². The van der Waals surface area contributed by atoms with E-state index in [2.05, 4.69) is 6.58 Å². The molecule has 142 valence electrons. The van der Waals surface area contributed by atoms with Crippen LogP contribution in [-0.2, 0) is 9.84 Å². The van der Waals surface area contributed by atoms with E-state index in [0.29, 0.717) is 12.1 Å². The van der Waals surface area contributed by atoms with Gasteiger partial charge in [0.1, 0.15) is 5.75 Å². The van der Waals surface area contributed by atoms with Crippen LogP contribution in [0.25, 0.3) is 6.08 Å². The van der Waals surface area contributed by atoms with Crippen LogP contribution >= 0.6 is 0 Å². The van der Waals surface area contributed by atoms with Gasteiger partial charge in [0.15, 0.2) is 0 Å². The van der Waals surface area contributed by atoms with E-state index in [1.165, 1.54) is 0 Å². The Morgan fingerprint density at radius 2 is 1.60 bits per heavy atom. The van der Waals surface area contributed by atoms with Gasteiger partial charge in [-0.1, -0.05) is 12.7 Å². The Labute approximate surface area is 139 Å². The molecule has 1 aromatic rings. The zero-order valence-corrected chi connectivity index (χ0v) is 13.7. The summed E-state index contributed by atoms with van der Waals surface area (Å²) in [6, 6.07) is 1.81. The molecule has 0 aromatic heterocycles. The lowest BCUT2D eigenvalue weighted by Crippen LogP contribution is -2.55. The predicted octanol–water partition coefficient (Wildman–Crippen LogP) is 4.68. The van der Waals surface area contributed by atoms with Crippen molar-refractivity contribution in [2.24, 2.45) is 0 Å². The van der Waals surface area contributed by atoms with E-state index in [1.807, 2.05) is 0 Å². The standard InChI is InChI=1S/C14H13F7O3S/c1-4-9-7-10(5-6-11(9)24-8(2)3)25(22,23)14(20,21)12(15,16)13(17,18)19/h4-8H,1H2,2-3H3. The second kappa shape index (κ2) is 6.50. The fourth-order valence-corrected chi connectivity index (χ4v) is 2.97. The van der Waals surface area contributed by atoms with Crippen LogP contribution in [0.1, 0.15) is 19.4 Å². The molecular formula is C14H13F7O3S. The Bertz CT molecular complexity index is 752. The van der Waals surface area contributed by atoms with Crippen LogP contribution in [0, 0.1) is 0 Å². The highest BCUT2D eigenvalue weighted by molar-refractivity contribution is 7.92. The summed E-state index contributed by atoms with van der Waals surface area (Å²) in [6.45, 7) is 6.47. The first kappa shape index (κ1) is 21.3. The Morgan fingerprint density at radius 1 is 1.08 bits per heavy atom. The summed E-state index contributed by atoms with van der Waals surface area (Å²) in [5.41, 5.74) is -0.166. The second-order valence-electron chi connectivity index (χ2n) is 5.16. The van der Waals surface area contributed by atoms with Crippen molar-refractivity contribution in [2.45, 2.75) is 42.2 Å². The third-order valence-electron chi connectivity index (χ3n) is 2.93. The van der Waals surface area contributed by atoms with Crippen LogP contribution in [0.4, 0.5) is 30.7 Å². The van der Waals surface area contributed by atoms with Crippen molar-refractivity contribution in [1.29, 1.82) is 0 Å². The number of halogens is 7.